The summed E-state index contributed by atoms with van der Waals surface area (Å²) in [5, 5.41) is 7.08. The number of benzene rings is 1. The van der Waals surface area contributed by atoms with Crippen molar-refractivity contribution in [3.05, 3.63) is 59.7 Å². The van der Waals surface area contributed by atoms with E-state index in [2.05, 4.69) is 4.98 Å². The molecule has 1 aromatic heterocycles. The summed E-state index contributed by atoms with van der Waals surface area (Å²) in [6.45, 7) is 1.69. The number of nitrogens with one attached hydrogen (secondary N) is 1. The number of hydrogen-bond donors (Lipinski definition) is 2. The number of carbonyl (C=O) groups is 2. The highest BCUT2D eigenvalue weighted by Crippen LogP contribution is 2.24. The third kappa shape index (κ3) is 5.07. The van der Waals surface area contributed by atoms with Crippen molar-refractivity contribution in [2.45, 2.75) is 13.0 Å². The third-order valence-electron chi connectivity index (χ3n) is 4.62. The lowest BCUT2D eigenvalue weighted by Gasteiger charge is -2.36. The number of nitrogens with zero attached hydrogens (tertiary/aromatic N) is 3. The van der Waals surface area contributed by atoms with Gasteiger partial charge in [0, 0.05) is 49.7 Å². The summed E-state index contributed by atoms with van der Waals surface area (Å²) in [7, 11) is 0. The van der Waals surface area contributed by atoms with Crippen LogP contribution in [0.4, 0.5) is 10.1 Å². The van der Waals surface area contributed by atoms with Crippen molar-refractivity contribution in [3.63, 3.8) is 0 Å². The Balaban J connectivity index is 1.61. The van der Waals surface area contributed by atoms with Crippen molar-refractivity contribution in [3.8, 4) is 0 Å². The number of halogens is 1. The van der Waals surface area contributed by atoms with Gasteiger partial charge in [0.25, 0.3) is 5.91 Å². The van der Waals surface area contributed by atoms with Crippen molar-refractivity contribution < 1.29 is 18.7 Å². The molecule has 29 heavy (non-hydrogen) atoms. The molecule has 1 fully saturated rings. The molecule has 9 heteroatoms. The lowest BCUT2D eigenvalue weighted by atomic mass is 10.1. The minimum atomic E-state index is -0.675. The predicted octanol–water partition coefficient (Wildman–Crippen LogP) is 1.55. The van der Waals surface area contributed by atoms with E-state index in [9.17, 15) is 14.0 Å². The van der Waals surface area contributed by atoms with Gasteiger partial charge in [0.2, 0.25) is 0 Å². The molecule has 1 aliphatic heterocycles. The van der Waals surface area contributed by atoms with E-state index >= 15 is 0 Å². The van der Waals surface area contributed by atoms with E-state index in [1.165, 1.54) is 0 Å². The van der Waals surface area contributed by atoms with Crippen LogP contribution in [-0.4, -0.2) is 53.8 Å². The molecule has 1 saturated heterocycles. The van der Waals surface area contributed by atoms with E-state index in [0.29, 0.717) is 37.4 Å². The Labute approximate surface area is 167 Å². The highest BCUT2D eigenvalue weighted by molar-refractivity contribution is 5.95. The number of nitrogens with two attached hydrogens (primary N) is 1. The van der Waals surface area contributed by atoms with Crippen molar-refractivity contribution in [1.82, 2.24) is 9.88 Å². The van der Waals surface area contributed by atoms with Crippen molar-refractivity contribution in [2.24, 2.45) is 5.73 Å². The minimum absolute atomic E-state index is 0.0707. The van der Waals surface area contributed by atoms with Crippen molar-refractivity contribution in [2.75, 3.05) is 31.1 Å². The van der Waals surface area contributed by atoms with Gasteiger partial charge in [-0.05, 0) is 18.2 Å². The summed E-state index contributed by atoms with van der Waals surface area (Å²) in [5.41, 5.74) is 6.38. The van der Waals surface area contributed by atoms with Crippen molar-refractivity contribution >= 4 is 23.4 Å². The summed E-state index contributed by atoms with van der Waals surface area (Å²) in [4.78, 5) is 31.6. The molecule has 152 valence electrons. The molecule has 0 spiro atoms. The van der Waals surface area contributed by atoms with E-state index in [1.807, 2.05) is 4.90 Å². The standard InChI is InChI=1S/C20H22FN5O3/c21-19-15(13-29-18(27)12-17(22)23)2-1-3-16(19)25-8-10-26(11-9-25)20(28)14-4-6-24-7-5-14/h1-7H,8-13H2,(H3,22,23). The smallest absolute Gasteiger partial charge is 0.313 e. The summed E-state index contributed by atoms with van der Waals surface area (Å²) < 4.78 is 19.9. The second-order valence-electron chi connectivity index (χ2n) is 6.63. The van der Waals surface area contributed by atoms with Gasteiger partial charge >= 0.3 is 5.97 Å². The van der Waals surface area contributed by atoms with Gasteiger partial charge < -0.3 is 20.3 Å². The fraction of sp³-hybridized carbons (Fsp3) is 0.300. The molecule has 0 saturated carbocycles. The van der Waals surface area contributed by atoms with Gasteiger partial charge in [-0.25, -0.2) is 4.39 Å². The highest BCUT2D eigenvalue weighted by Gasteiger charge is 2.24. The van der Waals surface area contributed by atoms with Crippen LogP contribution < -0.4 is 10.6 Å². The number of esters is 1. The number of hydrogen-bond acceptors (Lipinski definition) is 6. The number of aromatic nitrogens is 1. The van der Waals surface area contributed by atoms with Gasteiger partial charge in [-0.3, -0.25) is 20.0 Å². The maximum absolute atomic E-state index is 14.9. The first-order valence-electron chi connectivity index (χ1n) is 9.16. The van der Waals surface area contributed by atoms with Crippen LogP contribution >= 0.6 is 0 Å². The number of amidine groups is 1. The minimum Gasteiger partial charge on any atom is -0.460 e. The van der Waals surface area contributed by atoms with Crippen LogP contribution in [0.15, 0.2) is 42.7 Å². The zero-order chi connectivity index (χ0) is 20.8. The lowest BCUT2D eigenvalue weighted by Crippen LogP contribution is -2.49. The summed E-state index contributed by atoms with van der Waals surface area (Å²) >= 11 is 0. The molecule has 0 radical (unpaired) electrons. The van der Waals surface area contributed by atoms with Crippen LogP contribution in [0.2, 0.25) is 0 Å². The van der Waals surface area contributed by atoms with Crippen LogP contribution in [-0.2, 0) is 16.1 Å². The van der Waals surface area contributed by atoms with Gasteiger partial charge in [0.1, 0.15) is 18.9 Å². The zero-order valence-electron chi connectivity index (χ0n) is 15.8. The fourth-order valence-corrected chi connectivity index (χ4v) is 3.11. The van der Waals surface area contributed by atoms with E-state index in [-0.39, 0.29) is 30.3 Å². The van der Waals surface area contributed by atoms with E-state index in [4.69, 9.17) is 15.9 Å². The molecule has 2 heterocycles. The van der Waals surface area contributed by atoms with Crippen LogP contribution in [0.25, 0.3) is 0 Å². The molecule has 0 atom stereocenters. The molecule has 0 aliphatic carbocycles. The second-order valence-corrected chi connectivity index (χ2v) is 6.63. The molecule has 3 rings (SSSR count). The Morgan fingerprint density at radius 1 is 1.14 bits per heavy atom. The first-order valence-corrected chi connectivity index (χ1v) is 9.16. The molecule has 2 aromatic rings. The average Bonchev–Trinajstić information content (AvgIpc) is 2.73. The lowest BCUT2D eigenvalue weighted by molar-refractivity contribution is -0.143. The fourth-order valence-electron chi connectivity index (χ4n) is 3.11. The van der Waals surface area contributed by atoms with Crippen LogP contribution in [0.5, 0.6) is 0 Å². The van der Waals surface area contributed by atoms with E-state index in [0.717, 1.165) is 0 Å². The average molecular weight is 399 g/mol. The molecular formula is C20H22FN5O3. The number of pyridine rings is 1. The van der Waals surface area contributed by atoms with Gasteiger partial charge in [0.15, 0.2) is 5.82 Å². The summed E-state index contributed by atoms with van der Waals surface area (Å²) in [6.07, 6.45) is 2.83. The molecule has 3 N–H and O–H groups in total. The highest BCUT2D eigenvalue weighted by atomic mass is 19.1. The molecule has 1 aliphatic rings. The van der Waals surface area contributed by atoms with E-state index in [1.54, 1.807) is 47.6 Å². The number of anilines is 1. The number of amides is 1. The quantitative estimate of drug-likeness (QED) is 0.433. The largest absolute Gasteiger partial charge is 0.460 e. The van der Waals surface area contributed by atoms with Gasteiger partial charge in [-0.1, -0.05) is 12.1 Å². The predicted molar refractivity (Wildman–Crippen MR) is 105 cm³/mol. The molecule has 8 nitrogen and oxygen atoms in total. The monoisotopic (exact) mass is 399 g/mol. The molecule has 1 amide bonds. The molecular weight excluding hydrogens is 377 g/mol. The first-order chi connectivity index (χ1) is 14.0. The third-order valence-corrected chi connectivity index (χ3v) is 4.62. The van der Waals surface area contributed by atoms with Crippen LogP contribution in [0.3, 0.4) is 0 Å². The molecule has 0 unspecified atom stereocenters. The van der Waals surface area contributed by atoms with Gasteiger partial charge in [0.05, 0.1) is 5.69 Å². The number of ether oxygens (including phenoxy) is 1. The Morgan fingerprint density at radius 3 is 2.48 bits per heavy atom. The number of carbonyl (C=O) groups excluding carboxylic acids is 2. The molecule has 0 bridgehead atoms. The maximum Gasteiger partial charge on any atom is 0.313 e. The Kier molecular flexibility index (Phi) is 6.38. The molecule has 1 aromatic carbocycles. The van der Waals surface area contributed by atoms with E-state index < -0.39 is 11.8 Å². The van der Waals surface area contributed by atoms with Crippen LogP contribution in [0, 0.1) is 11.2 Å². The number of rotatable bonds is 6. The SMILES string of the molecule is N=C(N)CC(=O)OCc1cccc(N2CCN(C(=O)c3ccncc3)CC2)c1F. The van der Waals surface area contributed by atoms with Crippen molar-refractivity contribution in [1.29, 1.82) is 5.41 Å². The first kappa shape index (κ1) is 20.2. The number of piperazine rings is 1. The summed E-state index contributed by atoms with van der Waals surface area (Å²) in [5.74, 6) is -1.51. The van der Waals surface area contributed by atoms with Gasteiger partial charge in [-0.2, -0.15) is 0 Å². The maximum atomic E-state index is 14.9. The Bertz CT molecular complexity index is 898. The zero-order valence-corrected chi connectivity index (χ0v) is 15.8. The van der Waals surface area contributed by atoms with Gasteiger partial charge in [-0.15, -0.1) is 0 Å². The topological polar surface area (TPSA) is 113 Å². The van der Waals surface area contributed by atoms with Crippen LogP contribution in [0.1, 0.15) is 22.3 Å². The Morgan fingerprint density at radius 2 is 1.83 bits per heavy atom. The Hall–Kier alpha value is -3.49. The normalized spacial score (nSPS) is 13.8. The summed E-state index contributed by atoms with van der Waals surface area (Å²) in [6, 6.07) is 8.25. The second kappa shape index (κ2) is 9.13.